The van der Waals surface area contributed by atoms with Crippen LogP contribution in [0.3, 0.4) is 0 Å². The van der Waals surface area contributed by atoms with Crippen molar-refractivity contribution in [2.45, 2.75) is 19.4 Å². The molecule has 100 valence electrons. The maximum absolute atomic E-state index is 3.35. The molecule has 1 N–H and O–H groups in total. The largest absolute Gasteiger partial charge is 0.369 e. The molecule has 1 fully saturated rings. The van der Waals surface area contributed by atoms with Crippen molar-refractivity contribution < 1.29 is 0 Å². The van der Waals surface area contributed by atoms with Gasteiger partial charge < -0.3 is 15.1 Å². The highest BCUT2D eigenvalue weighted by molar-refractivity contribution is 5.48. The molecular formula is C15H25N3. The van der Waals surface area contributed by atoms with Gasteiger partial charge in [-0.15, -0.1) is 0 Å². The zero-order valence-corrected chi connectivity index (χ0v) is 11.8. The van der Waals surface area contributed by atoms with Gasteiger partial charge in [0.1, 0.15) is 0 Å². The van der Waals surface area contributed by atoms with Crippen molar-refractivity contribution in [1.29, 1.82) is 0 Å². The molecule has 0 radical (unpaired) electrons. The van der Waals surface area contributed by atoms with Gasteiger partial charge in [-0.25, -0.2) is 0 Å². The molecule has 0 amide bonds. The first kappa shape index (κ1) is 13.4. The van der Waals surface area contributed by atoms with Crippen LogP contribution < -0.4 is 10.2 Å². The quantitative estimate of drug-likeness (QED) is 0.879. The van der Waals surface area contributed by atoms with E-state index in [0.29, 0.717) is 6.04 Å². The fourth-order valence-electron chi connectivity index (χ4n) is 2.59. The predicted octanol–water partition coefficient (Wildman–Crippen LogP) is 2.11. The summed E-state index contributed by atoms with van der Waals surface area (Å²) in [4.78, 5) is 4.86. The van der Waals surface area contributed by atoms with E-state index in [9.17, 15) is 0 Å². The van der Waals surface area contributed by atoms with Gasteiger partial charge in [-0.2, -0.15) is 0 Å². The highest BCUT2D eigenvalue weighted by Crippen LogP contribution is 2.21. The third-order valence-electron chi connectivity index (χ3n) is 3.92. The number of anilines is 1. The minimum Gasteiger partial charge on any atom is -0.369 e. The van der Waals surface area contributed by atoms with Gasteiger partial charge in [-0.05, 0) is 38.2 Å². The fraction of sp³-hybridized carbons (Fsp3) is 0.600. The molecule has 1 atom stereocenters. The van der Waals surface area contributed by atoms with Crippen LogP contribution in [0.1, 0.15) is 24.9 Å². The average molecular weight is 247 g/mol. The Labute approximate surface area is 111 Å². The molecule has 0 bridgehead atoms. The molecule has 2 rings (SSSR count). The van der Waals surface area contributed by atoms with Gasteiger partial charge in [-0.1, -0.05) is 19.1 Å². The second-order valence-corrected chi connectivity index (χ2v) is 5.13. The van der Waals surface area contributed by atoms with E-state index in [-0.39, 0.29) is 0 Å². The molecule has 1 saturated heterocycles. The maximum Gasteiger partial charge on any atom is 0.0367 e. The number of nitrogens with one attached hydrogen (secondary N) is 1. The molecule has 0 aromatic heterocycles. The number of nitrogens with zero attached hydrogens (tertiary/aromatic N) is 2. The van der Waals surface area contributed by atoms with Crippen molar-refractivity contribution in [2.75, 3.05) is 45.2 Å². The molecule has 1 aromatic rings. The molecule has 3 nitrogen and oxygen atoms in total. The summed E-state index contributed by atoms with van der Waals surface area (Å²) < 4.78 is 0. The van der Waals surface area contributed by atoms with Gasteiger partial charge in [-0.3, -0.25) is 0 Å². The van der Waals surface area contributed by atoms with Crippen molar-refractivity contribution in [3.63, 3.8) is 0 Å². The van der Waals surface area contributed by atoms with Crippen LogP contribution in [-0.4, -0.2) is 45.2 Å². The van der Waals surface area contributed by atoms with Gasteiger partial charge in [0, 0.05) is 37.9 Å². The Morgan fingerprint density at radius 2 is 1.72 bits per heavy atom. The Bertz CT molecular complexity index is 349. The van der Waals surface area contributed by atoms with Crippen molar-refractivity contribution in [2.24, 2.45) is 0 Å². The predicted molar refractivity (Wildman–Crippen MR) is 78.2 cm³/mol. The first-order valence-electron chi connectivity index (χ1n) is 6.95. The second-order valence-electron chi connectivity index (χ2n) is 5.13. The summed E-state index contributed by atoms with van der Waals surface area (Å²) in [5, 5.41) is 3.35. The molecule has 0 spiro atoms. The zero-order chi connectivity index (χ0) is 13.0. The SMILES string of the molecule is CCC(NC)c1ccc(N2CCN(C)CC2)cc1. The molecule has 0 saturated carbocycles. The number of hydrogen-bond donors (Lipinski definition) is 1. The van der Waals surface area contributed by atoms with Crippen LogP contribution in [0, 0.1) is 0 Å². The van der Waals surface area contributed by atoms with E-state index in [0.717, 1.165) is 32.6 Å². The summed E-state index contributed by atoms with van der Waals surface area (Å²) in [5.74, 6) is 0. The van der Waals surface area contributed by atoms with E-state index >= 15 is 0 Å². The van der Waals surface area contributed by atoms with Crippen LogP contribution in [0.5, 0.6) is 0 Å². The Kier molecular flexibility index (Phi) is 4.61. The summed E-state index contributed by atoms with van der Waals surface area (Å²) in [6.07, 6.45) is 1.13. The number of benzene rings is 1. The standard InChI is InChI=1S/C15H25N3/c1-4-15(16-2)13-5-7-14(8-6-13)18-11-9-17(3)10-12-18/h5-8,15-16H,4,9-12H2,1-3H3. The Hall–Kier alpha value is -1.06. The van der Waals surface area contributed by atoms with Gasteiger partial charge in [0.2, 0.25) is 0 Å². The summed E-state index contributed by atoms with van der Waals surface area (Å²) in [6, 6.07) is 9.53. The van der Waals surface area contributed by atoms with Gasteiger partial charge in [0.15, 0.2) is 0 Å². The minimum atomic E-state index is 0.478. The number of hydrogen-bond acceptors (Lipinski definition) is 3. The topological polar surface area (TPSA) is 18.5 Å². The average Bonchev–Trinajstić information content (AvgIpc) is 2.42. The molecule has 1 heterocycles. The number of piperazine rings is 1. The van der Waals surface area contributed by atoms with E-state index in [2.05, 4.69) is 53.4 Å². The van der Waals surface area contributed by atoms with Crippen molar-refractivity contribution in [1.82, 2.24) is 10.2 Å². The molecule has 1 aromatic carbocycles. The molecule has 1 aliphatic rings. The third kappa shape index (κ3) is 3.03. The van der Waals surface area contributed by atoms with E-state index in [1.165, 1.54) is 11.3 Å². The molecule has 1 unspecified atom stereocenters. The van der Waals surface area contributed by atoms with Crippen LogP contribution in [0.15, 0.2) is 24.3 Å². The van der Waals surface area contributed by atoms with Crippen LogP contribution in [0.4, 0.5) is 5.69 Å². The third-order valence-corrected chi connectivity index (χ3v) is 3.92. The Balaban J connectivity index is 2.03. The van der Waals surface area contributed by atoms with Gasteiger partial charge in [0.25, 0.3) is 0 Å². The van der Waals surface area contributed by atoms with E-state index < -0.39 is 0 Å². The normalized spacial score (nSPS) is 18.9. The Morgan fingerprint density at radius 1 is 1.11 bits per heavy atom. The van der Waals surface area contributed by atoms with Crippen LogP contribution >= 0.6 is 0 Å². The molecule has 1 aliphatic heterocycles. The van der Waals surface area contributed by atoms with Gasteiger partial charge in [0.05, 0.1) is 0 Å². The van der Waals surface area contributed by atoms with Crippen molar-refractivity contribution in [3.8, 4) is 0 Å². The summed E-state index contributed by atoms with van der Waals surface area (Å²) >= 11 is 0. The fourth-order valence-corrected chi connectivity index (χ4v) is 2.59. The highest BCUT2D eigenvalue weighted by atomic mass is 15.2. The lowest BCUT2D eigenvalue weighted by molar-refractivity contribution is 0.313. The second kappa shape index (κ2) is 6.21. The first-order chi connectivity index (χ1) is 8.74. The minimum absolute atomic E-state index is 0.478. The lowest BCUT2D eigenvalue weighted by Gasteiger charge is -2.34. The smallest absolute Gasteiger partial charge is 0.0367 e. The Morgan fingerprint density at radius 3 is 2.22 bits per heavy atom. The summed E-state index contributed by atoms with van der Waals surface area (Å²) in [6.45, 7) is 6.82. The lowest BCUT2D eigenvalue weighted by Crippen LogP contribution is -2.44. The molecule has 18 heavy (non-hydrogen) atoms. The van der Waals surface area contributed by atoms with E-state index in [1.54, 1.807) is 0 Å². The van der Waals surface area contributed by atoms with Crippen LogP contribution in [-0.2, 0) is 0 Å². The lowest BCUT2D eigenvalue weighted by atomic mass is 10.0. The monoisotopic (exact) mass is 247 g/mol. The van der Waals surface area contributed by atoms with Crippen molar-refractivity contribution in [3.05, 3.63) is 29.8 Å². The zero-order valence-electron chi connectivity index (χ0n) is 11.8. The highest BCUT2D eigenvalue weighted by Gasteiger charge is 2.14. The summed E-state index contributed by atoms with van der Waals surface area (Å²) in [7, 11) is 4.22. The van der Waals surface area contributed by atoms with E-state index in [1.807, 2.05) is 7.05 Å². The van der Waals surface area contributed by atoms with Crippen LogP contribution in [0.25, 0.3) is 0 Å². The van der Waals surface area contributed by atoms with Crippen LogP contribution in [0.2, 0.25) is 0 Å². The molecular weight excluding hydrogens is 222 g/mol. The molecule has 3 heteroatoms. The first-order valence-corrected chi connectivity index (χ1v) is 6.95. The summed E-state index contributed by atoms with van der Waals surface area (Å²) in [5.41, 5.74) is 2.75. The number of rotatable bonds is 4. The van der Waals surface area contributed by atoms with E-state index in [4.69, 9.17) is 0 Å². The molecule has 0 aliphatic carbocycles. The van der Waals surface area contributed by atoms with Crippen molar-refractivity contribution >= 4 is 5.69 Å². The van der Waals surface area contributed by atoms with Gasteiger partial charge >= 0.3 is 0 Å². The number of likely N-dealkylation sites (N-methyl/N-ethyl adjacent to an activating group) is 1. The maximum atomic E-state index is 3.35.